The Morgan fingerprint density at radius 2 is 1.76 bits per heavy atom. The Bertz CT molecular complexity index is 773. The monoisotopic (exact) mass is 326 g/mol. The van der Waals surface area contributed by atoms with Gasteiger partial charge in [0.2, 0.25) is 0 Å². The third-order valence-electron chi connectivity index (χ3n) is 2.51. The van der Waals surface area contributed by atoms with Crippen molar-refractivity contribution < 1.29 is 18.6 Å². The van der Waals surface area contributed by atoms with Gasteiger partial charge in [-0.25, -0.2) is 4.83 Å². The van der Waals surface area contributed by atoms with Crippen LogP contribution in [0.2, 0.25) is 5.02 Å². The van der Waals surface area contributed by atoms with E-state index in [0.29, 0.717) is 5.02 Å². The van der Waals surface area contributed by atoms with Gasteiger partial charge in [0.15, 0.2) is 0 Å². The van der Waals surface area contributed by atoms with Crippen LogP contribution in [0.1, 0.15) is 5.56 Å². The zero-order chi connectivity index (χ0) is 15.5. The summed E-state index contributed by atoms with van der Waals surface area (Å²) in [5.41, 5.74) is 0.256. The van der Waals surface area contributed by atoms with Gasteiger partial charge in [-0.15, -0.1) is 0 Å². The van der Waals surface area contributed by atoms with E-state index >= 15 is 0 Å². The highest BCUT2D eigenvalue weighted by Crippen LogP contribution is 2.20. The van der Waals surface area contributed by atoms with Gasteiger partial charge in [0.1, 0.15) is 11.5 Å². The van der Waals surface area contributed by atoms with Crippen LogP contribution in [0.25, 0.3) is 0 Å². The van der Waals surface area contributed by atoms with Crippen LogP contribution in [0.15, 0.2) is 52.5 Å². The molecule has 0 saturated carbocycles. The Morgan fingerprint density at radius 1 is 1.10 bits per heavy atom. The molecule has 0 saturated heterocycles. The van der Waals surface area contributed by atoms with Gasteiger partial charge in [-0.2, -0.15) is 13.5 Å². The number of phenols is 2. The molecule has 2 aromatic carbocycles. The van der Waals surface area contributed by atoms with Crippen molar-refractivity contribution in [2.45, 2.75) is 4.90 Å². The summed E-state index contributed by atoms with van der Waals surface area (Å²) in [5, 5.41) is 22.6. The molecule has 0 radical (unpaired) electrons. The van der Waals surface area contributed by atoms with Crippen LogP contribution in [0.5, 0.6) is 11.5 Å². The summed E-state index contributed by atoms with van der Waals surface area (Å²) in [7, 11) is -3.81. The molecule has 6 nitrogen and oxygen atoms in total. The van der Waals surface area contributed by atoms with Gasteiger partial charge in [-0.1, -0.05) is 11.6 Å². The molecule has 0 aromatic heterocycles. The summed E-state index contributed by atoms with van der Waals surface area (Å²) in [4.78, 5) is 2.02. The number of hydrazone groups is 1. The molecule has 0 unspecified atom stereocenters. The average molecular weight is 327 g/mol. The van der Waals surface area contributed by atoms with Gasteiger partial charge in [0.05, 0.1) is 11.1 Å². The Morgan fingerprint density at radius 3 is 2.38 bits per heavy atom. The molecule has 0 aliphatic carbocycles. The smallest absolute Gasteiger partial charge is 0.276 e. The Balaban J connectivity index is 2.14. The number of hydrogen-bond donors (Lipinski definition) is 3. The van der Waals surface area contributed by atoms with Crippen molar-refractivity contribution in [1.82, 2.24) is 4.83 Å². The first-order valence-electron chi connectivity index (χ1n) is 5.71. The van der Waals surface area contributed by atoms with Gasteiger partial charge >= 0.3 is 0 Å². The minimum absolute atomic E-state index is 0.0129. The number of benzene rings is 2. The number of nitrogens with one attached hydrogen (secondary N) is 1. The van der Waals surface area contributed by atoms with Crippen molar-refractivity contribution in [2.75, 3.05) is 0 Å². The van der Waals surface area contributed by atoms with Gasteiger partial charge in [0, 0.05) is 16.7 Å². The quantitative estimate of drug-likeness (QED) is 0.591. The van der Waals surface area contributed by atoms with Crippen LogP contribution in [-0.4, -0.2) is 24.8 Å². The number of halogens is 1. The lowest BCUT2D eigenvalue weighted by molar-refractivity contribution is 0.450. The van der Waals surface area contributed by atoms with E-state index in [1.165, 1.54) is 36.4 Å². The number of nitrogens with zero attached hydrogens (tertiary/aromatic N) is 1. The van der Waals surface area contributed by atoms with Crippen molar-refractivity contribution >= 4 is 27.8 Å². The number of hydrogen-bond acceptors (Lipinski definition) is 5. The van der Waals surface area contributed by atoms with E-state index in [0.717, 1.165) is 12.3 Å². The SMILES string of the molecule is O=S(=O)(N/N=C/c1ccc(O)cc1O)c1ccc(Cl)cc1. The molecule has 0 bridgehead atoms. The maximum absolute atomic E-state index is 11.9. The molecule has 2 rings (SSSR count). The van der Waals surface area contributed by atoms with E-state index in [1.54, 1.807) is 0 Å². The lowest BCUT2D eigenvalue weighted by Gasteiger charge is -2.03. The summed E-state index contributed by atoms with van der Waals surface area (Å²) in [6.07, 6.45) is 1.13. The highest BCUT2D eigenvalue weighted by atomic mass is 35.5. The molecule has 3 N–H and O–H groups in total. The predicted octanol–water partition coefficient (Wildman–Crippen LogP) is 2.06. The third-order valence-corrected chi connectivity index (χ3v) is 4.00. The minimum atomic E-state index is -3.81. The zero-order valence-corrected chi connectivity index (χ0v) is 12.1. The Hall–Kier alpha value is -2.25. The molecule has 8 heteroatoms. The zero-order valence-electron chi connectivity index (χ0n) is 10.6. The largest absolute Gasteiger partial charge is 0.508 e. The first-order chi connectivity index (χ1) is 9.88. The normalized spacial score (nSPS) is 11.7. The molecule has 0 atom stereocenters. The molecule has 0 aliphatic heterocycles. The van der Waals surface area contributed by atoms with Crippen LogP contribution >= 0.6 is 11.6 Å². The van der Waals surface area contributed by atoms with E-state index in [4.69, 9.17) is 16.7 Å². The van der Waals surface area contributed by atoms with Gasteiger partial charge in [-0.3, -0.25) is 0 Å². The van der Waals surface area contributed by atoms with Crippen LogP contribution in [0.4, 0.5) is 0 Å². The number of phenolic OH excluding ortho intramolecular Hbond substituents is 2. The average Bonchev–Trinajstić information content (AvgIpc) is 2.41. The summed E-state index contributed by atoms with van der Waals surface area (Å²) >= 11 is 5.68. The molecular weight excluding hydrogens is 316 g/mol. The molecule has 0 spiro atoms. The van der Waals surface area contributed by atoms with Gasteiger partial charge in [0.25, 0.3) is 10.0 Å². The predicted molar refractivity (Wildman–Crippen MR) is 79.1 cm³/mol. The van der Waals surface area contributed by atoms with E-state index in [9.17, 15) is 13.5 Å². The summed E-state index contributed by atoms with van der Waals surface area (Å²) in [6, 6.07) is 9.45. The molecule has 21 heavy (non-hydrogen) atoms. The first-order valence-corrected chi connectivity index (χ1v) is 7.57. The maximum Gasteiger partial charge on any atom is 0.276 e. The highest BCUT2D eigenvalue weighted by Gasteiger charge is 2.12. The van der Waals surface area contributed by atoms with E-state index < -0.39 is 10.0 Å². The van der Waals surface area contributed by atoms with Crippen LogP contribution in [0.3, 0.4) is 0 Å². The molecule has 110 valence electrons. The second kappa shape index (κ2) is 6.02. The molecule has 2 aromatic rings. The topological polar surface area (TPSA) is 99.0 Å². The van der Waals surface area contributed by atoms with Crippen LogP contribution in [-0.2, 0) is 10.0 Å². The molecular formula is C13H11ClN2O4S. The van der Waals surface area contributed by atoms with Crippen molar-refractivity contribution in [3.05, 3.63) is 53.1 Å². The second-order valence-corrected chi connectivity index (χ2v) is 6.15. The fourth-order valence-corrected chi connectivity index (χ4v) is 2.39. The Labute approximate surface area is 126 Å². The first kappa shape index (κ1) is 15.1. The molecule has 0 heterocycles. The second-order valence-electron chi connectivity index (χ2n) is 4.05. The summed E-state index contributed by atoms with van der Waals surface area (Å²) in [5.74, 6) is -0.323. The highest BCUT2D eigenvalue weighted by molar-refractivity contribution is 7.89. The van der Waals surface area contributed by atoms with E-state index in [2.05, 4.69) is 5.10 Å². The van der Waals surface area contributed by atoms with Crippen molar-refractivity contribution in [1.29, 1.82) is 0 Å². The minimum Gasteiger partial charge on any atom is -0.508 e. The van der Waals surface area contributed by atoms with Gasteiger partial charge in [-0.05, 0) is 36.4 Å². The van der Waals surface area contributed by atoms with E-state index in [1.807, 2.05) is 4.83 Å². The van der Waals surface area contributed by atoms with Gasteiger partial charge < -0.3 is 10.2 Å². The Kier molecular flexibility index (Phi) is 4.35. The molecule has 0 fully saturated rings. The lowest BCUT2D eigenvalue weighted by atomic mass is 10.2. The molecule has 0 amide bonds. The molecule has 0 aliphatic rings. The van der Waals surface area contributed by atoms with Crippen molar-refractivity contribution in [3.8, 4) is 11.5 Å². The van der Waals surface area contributed by atoms with E-state index in [-0.39, 0.29) is 22.0 Å². The van der Waals surface area contributed by atoms with Crippen molar-refractivity contribution in [2.24, 2.45) is 5.10 Å². The number of sulfonamides is 1. The fourth-order valence-electron chi connectivity index (χ4n) is 1.47. The number of aromatic hydroxyl groups is 2. The summed E-state index contributed by atoms with van der Waals surface area (Å²) in [6.45, 7) is 0. The fraction of sp³-hybridized carbons (Fsp3) is 0. The lowest BCUT2D eigenvalue weighted by Crippen LogP contribution is -2.18. The third kappa shape index (κ3) is 3.87. The maximum atomic E-state index is 11.9. The summed E-state index contributed by atoms with van der Waals surface area (Å²) < 4.78 is 23.8. The standard InChI is InChI=1S/C13H11ClN2O4S/c14-10-2-5-12(6-3-10)21(19,20)16-15-8-9-1-4-11(17)7-13(9)18/h1-8,16-18H/b15-8+. The van der Waals surface area contributed by atoms with Crippen LogP contribution < -0.4 is 4.83 Å². The van der Waals surface area contributed by atoms with Crippen molar-refractivity contribution in [3.63, 3.8) is 0 Å². The number of rotatable bonds is 4. The van der Waals surface area contributed by atoms with Crippen LogP contribution in [0, 0.1) is 0 Å².